The quantitative estimate of drug-likeness (QED) is 0.686. The molecule has 2 heterocycles. The number of para-hydroxylation sites is 1. The summed E-state index contributed by atoms with van der Waals surface area (Å²) in [5, 5.41) is 2.79. The Morgan fingerprint density at radius 1 is 1.26 bits per heavy atom. The van der Waals surface area contributed by atoms with Crippen LogP contribution >= 0.6 is 11.3 Å². The number of thiazole rings is 1. The second-order valence-corrected chi connectivity index (χ2v) is 5.15. The van der Waals surface area contributed by atoms with Crippen molar-refractivity contribution in [3.63, 3.8) is 0 Å². The van der Waals surface area contributed by atoms with Crippen LogP contribution in [0.25, 0.3) is 11.0 Å². The highest BCUT2D eigenvalue weighted by Gasteiger charge is 2.13. The van der Waals surface area contributed by atoms with Crippen molar-refractivity contribution in [3.05, 3.63) is 52.2 Å². The van der Waals surface area contributed by atoms with Gasteiger partial charge in [-0.05, 0) is 19.1 Å². The number of aryl methyl sites for hydroxylation is 1. The molecule has 0 bridgehead atoms. The van der Waals surface area contributed by atoms with Crippen molar-refractivity contribution in [1.82, 2.24) is 15.0 Å². The molecule has 3 rings (SSSR count). The molecule has 19 heavy (non-hydrogen) atoms. The first-order valence-corrected chi connectivity index (χ1v) is 6.76. The van der Waals surface area contributed by atoms with E-state index in [1.165, 1.54) is 11.3 Å². The van der Waals surface area contributed by atoms with Gasteiger partial charge in [-0.2, -0.15) is 0 Å². The van der Waals surface area contributed by atoms with Gasteiger partial charge in [-0.1, -0.05) is 6.07 Å². The van der Waals surface area contributed by atoms with Gasteiger partial charge in [-0.25, -0.2) is 4.98 Å². The third-order valence-corrected chi connectivity index (χ3v) is 3.74. The Kier molecular flexibility index (Phi) is 3.05. The van der Waals surface area contributed by atoms with Crippen LogP contribution in [0.1, 0.15) is 21.1 Å². The SMILES string of the molecule is Cc1csc(CC(=O)c2cccc3nccnc23)n1. The van der Waals surface area contributed by atoms with Crippen LogP contribution in [0.2, 0.25) is 0 Å². The lowest BCUT2D eigenvalue weighted by molar-refractivity contribution is 0.0994. The van der Waals surface area contributed by atoms with Crippen molar-refractivity contribution in [2.24, 2.45) is 0 Å². The topological polar surface area (TPSA) is 55.7 Å². The van der Waals surface area contributed by atoms with Crippen molar-refractivity contribution in [2.45, 2.75) is 13.3 Å². The van der Waals surface area contributed by atoms with Gasteiger partial charge in [0, 0.05) is 29.0 Å². The van der Waals surface area contributed by atoms with Crippen LogP contribution in [0.15, 0.2) is 36.0 Å². The maximum absolute atomic E-state index is 12.3. The van der Waals surface area contributed by atoms with E-state index >= 15 is 0 Å². The highest BCUT2D eigenvalue weighted by atomic mass is 32.1. The molecular formula is C14H11N3OS. The molecule has 0 saturated carbocycles. The molecule has 0 amide bonds. The fourth-order valence-corrected chi connectivity index (χ4v) is 2.70. The van der Waals surface area contributed by atoms with Crippen molar-refractivity contribution in [3.8, 4) is 0 Å². The normalized spacial score (nSPS) is 10.8. The van der Waals surface area contributed by atoms with Gasteiger partial charge in [-0.3, -0.25) is 14.8 Å². The van der Waals surface area contributed by atoms with E-state index in [2.05, 4.69) is 15.0 Å². The van der Waals surface area contributed by atoms with Crippen LogP contribution in [0.4, 0.5) is 0 Å². The van der Waals surface area contributed by atoms with Gasteiger partial charge in [0.25, 0.3) is 0 Å². The van der Waals surface area contributed by atoms with Crippen molar-refractivity contribution >= 4 is 28.2 Å². The van der Waals surface area contributed by atoms with E-state index in [9.17, 15) is 4.79 Å². The minimum absolute atomic E-state index is 0.0282. The van der Waals surface area contributed by atoms with Crippen LogP contribution in [-0.4, -0.2) is 20.7 Å². The monoisotopic (exact) mass is 269 g/mol. The second-order valence-electron chi connectivity index (χ2n) is 4.21. The molecule has 5 heteroatoms. The first kappa shape index (κ1) is 11.9. The van der Waals surface area contributed by atoms with E-state index in [0.29, 0.717) is 17.5 Å². The van der Waals surface area contributed by atoms with E-state index in [1.54, 1.807) is 18.5 Å². The zero-order valence-electron chi connectivity index (χ0n) is 10.3. The number of rotatable bonds is 3. The van der Waals surface area contributed by atoms with E-state index in [-0.39, 0.29) is 5.78 Å². The molecule has 0 aliphatic heterocycles. The summed E-state index contributed by atoms with van der Waals surface area (Å²) in [7, 11) is 0. The summed E-state index contributed by atoms with van der Waals surface area (Å²) >= 11 is 1.51. The number of ketones is 1. The van der Waals surface area contributed by atoms with Gasteiger partial charge >= 0.3 is 0 Å². The van der Waals surface area contributed by atoms with E-state index in [0.717, 1.165) is 16.2 Å². The zero-order chi connectivity index (χ0) is 13.2. The average Bonchev–Trinajstić information content (AvgIpc) is 2.83. The minimum Gasteiger partial charge on any atom is -0.294 e. The Labute approximate surface area is 114 Å². The number of benzene rings is 1. The maximum atomic E-state index is 12.3. The standard InChI is InChI=1S/C14H11N3OS/c1-9-8-19-13(17-9)7-12(18)10-3-2-4-11-14(10)16-6-5-15-11/h2-6,8H,7H2,1H3. The number of carbonyl (C=O) groups is 1. The Balaban J connectivity index is 1.97. The highest BCUT2D eigenvalue weighted by Crippen LogP contribution is 2.17. The molecule has 0 fully saturated rings. The summed E-state index contributed by atoms with van der Waals surface area (Å²) in [6.07, 6.45) is 3.54. The average molecular weight is 269 g/mol. The summed E-state index contributed by atoms with van der Waals surface area (Å²) < 4.78 is 0. The summed E-state index contributed by atoms with van der Waals surface area (Å²) in [5.41, 5.74) is 2.95. The van der Waals surface area contributed by atoms with Crippen LogP contribution in [0, 0.1) is 6.92 Å². The Morgan fingerprint density at radius 2 is 2.11 bits per heavy atom. The zero-order valence-corrected chi connectivity index (χ0v) is 11.1. The number of aromatic nitrogens is 3. The summed E-state index contributed by atoms with van der Waals surface area (Å²) in [6, 6.07) is 5.48. The number of hydrogen-bond acceptors (Lipinski definition) is 5. The van der Waals surface area contributed by atoms with E-state index in [4.69, 9.17) is 0 Å². The largest absolute Gasteiger partial charge is 0.294 e. The van der Waals surface area contributed by atoms with Crippen molar-refractivity contribution in [2.75, 3.05) is 0 Å². The highest BCUT2D eigenvalue weighted by molar-refractivity contribution is 7.09. The molecule has 2 aromatic heterocycles. The Bertz CT molecular complexity index is 746. The molecule has 0 unspecified atom stereocenters. The predicted molar refractivity (Wildman–Crippen MR) is 74.4 cm³/mol. The van der Waals surface area contributed by atoms with Gasteiger partial charge in [0.1, 0.15) is 5.01 Å². The van der Waals surface area contributed by atoms with Crippen LogP contribution < -0.4 is 0 Å². The number of nitrogens with zero attached hydrogens (tertiary/aromatic N) is 3. The smallest absolute Gasteiger partial charge is 0.171 e. The molecule has 0 N–H and O–H groups in total. The molecule has 0 spiro atoms. The van der Waals surface area contributed by atoms with Crippen LogP contribution in [-0.2, 0) is 6.42 Å². The van der Waals surface area contributed by atoms with Crippen molar-refractivity contribution < 1.29 is 4.79 Å². The van der Waals surface area contributed by atoms with Gasteiger partial charge < -0.3 is 0 Å². The number of Topliss-reactive ketones (excluding diaryl/α,β-unsaturated/α-hetero) is 1. The van der Waals surface area contributed by atoms with Crippen molar-refractivity contribution in [1.29, 1.82) is 0 Å². The molecule has 0 saturated heterocycles. The lowest BCUT2D eigenvalue weighted by atomic mass is 10.1. The van der Waals surface area contributed by atoms with Gasteiger partial charge in [0.15, 0.2) is 5.78 Å². The lowest BCUT2D eigenvalue weighted by Gasteiger charge is -2.02. The fraction of sp³-hybridized carbons (Fsp3) is 0.143. The Morgan fingerprint density at radius 3 is 2.89 bits per heavy atom. The molecule has 0 radical (unpaired) electrons. The predicted octanol–water partition coefficient (Wildman–Crippen LogP) is 2.82. The molecule has 3 aromatic rings. The third-order valence-electron chi connectivity index (χ3n) is 2.78. The number of carbonyl (C=O) groups excluding carboxylic acids is 1. The van der Waals surface area contributed by atoms with E-state index in [1.807, 2.05) is 24.4 Å². The summed E-state index contributed by atoms with van der Waals surface area (Å²) in [4.78, 5) is 25.1. The van der Waals surface area contributed by atoms with Crippen LogP contribution in [0.5, 0.6) is 0 Å². The Hall–Kier alpha value is -2.14. The van der Waals surface area contributed by atoms with E-state index < -0.39 is 0 Å². The molecule has 0 aliphatic carbocycles. The lowest BCUT2D eigenvalue weighted by Crippen LogP contribution is -2.05. The number of hydrogen-bond donors (Lipinski definition) is 0. The molecule has 4 nitrogen and oxygen atoms in total. The first-order valence-electron chi connectivity index (χ1n) is 5.88. The van der Waals surface area contributed by atoms with Gasteiger partial charge in [0.05, 0.1) is 17.5 Å². The van der Waals surface area contributed by atoms with Gasteiger partial charge in [-0.15, -0.1) is 11.3 Å². The molecule has 1 aromatic carbocycles. The summed E-state index contributed by atoms with van der Waals surface area (Å²) in [6.45, 7) is 1.92. The second kappa shape index (κ2) is 4.85. The third kappa shape index (κ3) is 2.37. The maximum Gasteiger partial charge on any atom is 0.171 e. The molecule has 0 aliphatic rings. The van der Waals surface area contributed by atoms with Gasteiger partial charge in [0.2, 0.25) is 0 Å². The number of fused-ring (bicyclic) bond motifs is 1. The molecule has 94 valence electrons. The molecular weight excluding hydrogens is 258 g/mol. The molecule has 0 atom stereocenters. The first-order chi connectivity index (χ1) is 9.24. The fourth-order valence-electron chi connectivity index (χ4n) is 1.93. The minimum atomic E-state index is 0.0282. The van der Waals surface area contributed by atoms with Crippen LogP contribution in [0.3, 0.4) is 0 Å². The summed E-state index contributed by atoms with van der Waals surface area (Å²) in [5.74, 6) is 0.0282.